The maximum absolute atomic E-state index is 12.9. The van der Waals surface area contributed by atoms with E-state index in [2.05, 4.69) is 11.9 Å². The molecule has 2 nitrogen and oxygen atoms in total. The summed E-state index contributed by atoms with van der Waals surface area (Å²) < 4.78 is 12.9. The van der Waals surface area contributed by atoms with Gasteiger partial charge in [0.15, 0.2) is 0 Å². The van der Waals surface area contributed by atoms with E-state index >= 15 is 0 Å². The first-order chi connectivity index (χ1) is 8.61. The maximum Gasteiger partial charge on any atom is 0.123 e. The smallest absolute Gasteiger partial charge is 0.123 e. The zero-order chi connectivity index (χ0) is 13.1. The Balaban J connectivity index is 2.31. The highest BCUT2D eigenvalue weighted by Gasteiger charge is 2.14. The van der Waals surface area contributed by atoms with Crippen LogP contribution in [-0.2, 0) is 0 Å². The summed E-state index contributed by atoms with van der Waals surface area (Å²) in [6.07, 6.45) is 1.99. The van der Waals surface area contributed by atoms with Crippen LogP contribution in [0.15, 0.2) is 24.3 Å². The third kappa shape index (κ3) is 2.76. The van der Waals surface area contributed by atoms with Crippen LogP contribution in [0.1, 0.15) is 35.7 Å². The van der Waals surface area contributed by atoms with Crippen LogP contribution in [0, 0.1) is 12.7 Å². The van der Waals surface area contributed by atoms with Gasteiger partial charge in [-0.05, 0) is 37.6 Å². The van der Waals surface area contributed by atoms with Gasteiger partial charge in [0.2, 0.25) is 0 Å². The molecule has 2 N–H and O–H groups in total. The van der Waals surface area contributed by atoms with Crippen LogP contribution in [0.2, 0.25) is 0 Å². The van der Waals surface area contributed by atoms with Gasteiger partial charge in [-0.2, -0.15) is 0 Å². The lowest BCUT2D eigenvalue weighted by Gasteiger charge is -2.05. The highest BCUT2D eigenvalue weighted by Crippen LogP contribution is 2.31. The van der Waals surface area contributed by atoms with Gasteiger partial charge in [-0.3, -0.25) is 0 Å². The summed E-state index contributed by atoms with van der Waals surface area (Å²) in [5, 5.41) is 0.966. The molecule has 0 bridgehead atoms. The number of aryl methyl sites for hydroxylation is 1. The van der Waals surface area contributed by atoms with Gasteiger partial charge in [-0.25, -0.2) is 9.37 Å². The molecule has 0 aliphatic heterocycles. The van der Waals surface area contributed by atoms with Crippen LogP contribution < -0.4 is 5.73 Å². The van der Waals surface area contributed by atoms with Crippen LogP contribution in [-0.4, -0.2) is 4.98 Å². The number of thiazole rings is 1. The molecule has 0 aliphatic rings. The van der Waals surface area contributed by atoms with Crippen molar-refractivity contribution in [1.29, 1.82) is 0 Å². The van der Waals surface area contributed by atoms with Crippen molar-refractivity contribution in [2.45, 2.75) is 32.7 Å². The molecule has 0 fully saturated rings. The zero-order valence-electron chi connectivity index (χ0n) is 10.6. The quantitative estimate of drug-likeness (QED) is 0.904. The van der Waals surface area contributed by atoms with Crippen molar-refractivity contribution in [2.24, 2.45) is 5.73 Å². The lowest BCUT2D eigenvalue weighted by molar-refractivity contribution is 0.628. The topological polar surface area (TPSA) is 38.9 Å². The predicted octanol–water partition coefficient (Wildman–Crippen LogP) is 4.06. The first-order valence-electron chi connectivity index (χ1n) is 6.10. The fourth-order valence-electron chi connectivity index (χ4n) is 1.89. The summed E-state index contributed by atoms with van der Waals surface area (Å²) in [6, 6.07) is 6.44. The summed E-state index contributed by atoms with van der Waals surface area (Å²) in [6.45, 7) is 4.14. The normalized spacial score (nSPS) is 12.7. The summed E-state index contributed by atoms with van der Waals surface area (Å²) in [4.78, 5) is 5.73. The van der Waals surface area contributed by atoms with Gasteiger partial charge in [0.1, 0.15) is 10.8 Å². The molecule has 1 aromatic heterocycles. The van der Waals surface area contributed by atoms with Crippen LogP contribution in [0.5, 0.6) is 0 Å². The third-order valence-corrected chi connectivity index (χ3v) is 3.95. The van der Waals surface area contributed by atoms with Crippen molar-refractivity contribution in [3.05, 3.63) is 40.0 Å². The molecule has 0 saturated carbocycles. The Bertz CT molecular complexity index is 519. The van der Waals surface area contributed by atoms with E-state index in [-0.39, 0.29) is 11.9 Å². The molecule has 4 heteroatoms. The molecule has 96 valence electrons. The largest absolute Gasteiger partial charge is 0.322 e. The number of nitrogens with two attached hydrogens (primary N) is 1. The third-order valence-electron chi connectivity index (χ3n) is 2.85. The minimum absolute atomic E-state index is 0.00731. The van der Waals surface area contributed by atoms with Gasteiger partial charge in [0, 0.05) is 10.4 Å². The summed E-state index contributed by atoms with van der Waals surface area (Å²) in [5.74, 6) is -0.227. The van der Waals surface area contributed by atoms with E-state index in [1.165, 1.54) is 12.1 Å². The van der Waals surface area contributed by atoms with Gasteiger partial charge >= 0.3 is 0 Å². The minimum atomic E-state index is -0.227. The number of benzene rings is 1. The Morgan fingerprint density at radius 2 is 2.00 bits per heavy atom. The Hall–Kier alpha value is -1.26. The lowest BCUT2D eigenvalue weighted by atomic mass is 10.1. The Labute approximate surface area is 111 Å². The van der Waals surface area contributed by atoms with Crippen molar-refractivity contribution in [3.63, 3.8) is 0 Å². The maximum atomic E-state index is 12.9. The second-order valence-corrected chi connectivity index (χ2v) is 5.59. The highest BCUT2D eigenvalue weighted by atomic mass is 32.1. The molecule has 2 aromatic rings. The summed E-state index contributed by atoms with van der Waals surface area (Å²) in [7, 11) is 0. The standard InChI is InChI=1S/C14H17FN2S/c1-3-4-12(16)14-17-13(9(2)18-14)10-5-7-11(15)8-6-10/h5-8,12H,3-4,16H2,1-2H3. The molecular weight excluding hydrogens is 247 g/mol. The van der Waals surface area contributed by atoms with Gasteiger partial charge in [-0.15, -0.1) is 11.3 Å². The van der Waals surface area contributed by atoms with Crippen molar-refractivity contribution in [3.8, 4) is 11.3 Å². The first kappa shape index (κ1) is 13.2. The first-order valence-corrected chi connectivity index (χ1v) is 6.92. The average molecular weight is 264 g/mol. The van der Waals surface area contributed by atoms with Gasteiger partial charge < -0.3 is 5.73 Å². The fourth-order valence-corrected chi connectivity index (χ4v) is 2.87. The molecule has 0 spiro atoms. The fraction of sp³-hybridized carbons (Fsp3) is 0.357. The molecular formula is C14H17FN2S. The Kier molecular flexibility index (Phi) is 4.09. The summed E-state index contributed by atoms with van der Waals surface area (Å²) >= 11 is 1.63. The highest BCUT2D eigenvalue weighted by molar-refractivity contribution is 7.12. The van der Waals surface area contributed by atoms with Crippen molar-refractivity contribution >= 4 is 11.3 Å². The monoisotopic (exact) mass is 264 g/mol. The molecule has 18 heavy (non-hydrogen) atoms. The number of aromatic nitrogens is 1. The second-order valence-electron chi connectivity index (χ2n) is 4.36. The predicted molar refractivity (Wildman–Crippen MR) is 74.1 cm³/mol. The van der Waals surface area contributed by atoms with E-state index < -0.39 is 0 Å². The van der Waals surface area contributed by atoms with E-state index in [9.17, 15) is 4.39 Å². The summed E-state index contributed by atoms with van der Waals surface area (Å²) in [5.41, 5.74) is 7.94. The molecule has 1 unspecified atom stereocenters. The van der Waals surface area contributed by atoms with Crippen LogP contribution >= 0.6 is 11.3 Å². The Morgan fingerprint density at radius 1 is 1.33 bits per heavy atom. The number of halogens is 1. The van der Waals surface area contributed by atoms with Gasteiger partial charge in [-0.1, -0.05) is 13.3 Å². The number of hydrogen-bond donors (Lipinski definition) is 1. The number of hydrogen-bond acceptors (Lipinski definition) is 3. The van der Waals surface area contributed by atoms with Gasteiger partial charge in [0.25, 0.3) is 0 Å². The van der Waals surface area contributed by atoms with E-state index in [1.54, 1.807) is 23.5 Å². The average Bonchev–Trinajstić information content (AvgIpc) is 2.73. The van der Waals surface area contributed by atoms with E-state index in [4.69, 9.17) is 5.73 Å². The van der Waals surface area contributed by atoms with Crippen molar-refractivity contribution < 1.29 is 4.39 Å². The number of nitrogens with zero attached hydrogens (tertiary/aromatic N) is 1. The molecule has 2 rings (SSSR count). The second kappa shape index (κ2) is 5.59. The van der Waals surface area contributed by atoms with Crippen LogP contribution in [0.3, 0.4) is 0 Å². The lowest BCUT2D eigenvalue weighted by Crippen LogP contribution is -2.09. The number of rotatable bonds is 4. The molecule has 1 atom stereocenters. The molecule has 0 amide bonds. The van der Waals surface area contributed by atoms with Crippen molar-refractivity contribution in [1.82, 2.24) is 4.98 Å². The van der Waals surface area contributed by atoms with E-state index in [0.29, 0.717) is 0 Å². The van der Waals surface area contributed by atoms with E-state index in [1.807, 2.05) is 6.92 Å². The minimum Gasteiger partial charge on any atom is -0.322 e. The van der Waals surface area contributed by atoms with Crippen LogP contribution in [0.25, 0.3) is 11.3 Å². The zero-order valence-corrected chi connectivity index (χ0v) is 11.4. The molecule has 0 saturated heterocycles. The Morgan fingerprint density at radius 3 is 2.61 bits per heavy atom. The van der Waals surface area contributed by atoms with Crippen LogP contribution in [0.4, 0.5) is 4.39 Å². The van der Waals surface area contributed by atoms with Gasteiger partial charge in [0.05, 0.1) is 11.7 Å². The SMILES string of the molecule is CCCC(N)c1nc(-c2ccc(F)cc2)c(C)s1. The molecule has 1 heterocycles. The molecule has 0 aliphatic carbocycles. The molecule has 1 aromatic carbocycles. The van der Waals surface area contributed by atoms with Crippen molar-refractivity contribution in [2.75, 3.05) is 0 Å². The van der Waals surface area contributed by atoms with E-state index in [0.717, 1.165) is 34.0 Å². The molecule has 0 radical (unpaired) electrons.